The van der Waals surface area contributed by atoms with E-state index >= 15 is 0 Å². The van der Waals surface area contributed by atoms with Gasteiger partial charge in [-0.05, 0) is 51.0 Å². The third-order valence-electron chi connectivity index (χ3n) is 9.32. The second kappa shape index (κ2) is 10.6. The molecule has 1 aliphatic carbocycles. The van der Waals surface area contributed by atoms with Crippen molar-refractivity contribution in [1.82, 2.24) is 0 Å². The van der Waals surface area contributed by atoms with Crippen molar-refractivity contribution in [3.8, 4) is 0 Å². The van der Waals surface area contributed by atoms with Crippen LogP contribution in [-0.2, 0) is 19.0 Å². The van der Waals surface area contributed by atoms with E-state index in [9.17, 15) is 9.90 Å². The van der Waals surface area contributed by atoms with Crippen LogP contribution in [0.25, 0.3) is 0 Å². The molecule has 4 rings (SSSR count). The lowest BCUT2D eigenvalue weighted by Gasteiger charge is -2.44. The molecule has 3 aliphatic heterocycles. The topological polar surface area (TPSA) is 65.0 Å². The molecular formula is C31H46O5. The van der Waals surface area contributed by atoms with Crippen LogP contribution in [0.1, 0.15) is 80.6 Å². The van der Waals surface area contributed by atoms with Crippen LogP contribution in [0.3, 0.4) is 0 Å². The zero-order valence-corrected chi connectivity index (χ0v) is 23.3. The van der Waals surface area contributed by atoms with E-state index in [4.69, 9.17) is 14.2 Å². The summed E-state index contributed by atoms with van der Waals surface area (Å²) >= 11 is 0. The summed E-state index contributed by atoms with van der Waals surface area (Å²) in [5.41, 5.74) is 1.42. The second-order valence-corrected chi connectivity index (χ2v) is 12.1. The van der Waals surface area contributed by atoms with Gasteiger partial charge in [0.25, 0.3) is 0 Å². The van der Waals surface area contributed by atoms with Crippen molar-refractivity contribution in [2.24, 2.45) is 23.7 Å². The Morgan fingerprint density at radius 1 is 1.11 bits per heavy atom. The number of carbonyl (C=O) groups excluding carboxylic acids is 1. The van der Waals surface area contributed by atoms with Crippen molar-refractivity contribution < 1.29 is 24.1 Å². The molecule has 0 amide bonds. The van der Waals surface area contributed by atoms with E-state index in [-0.39, 0.29) is 29.7 Å². The quantitative estimate of drug-likeness (QED) is 0.369. The Hall–Kier alpha value is -1.69. The summed E-state index contributed by atoms with van der Waals surface area (Å²) in [4.78, 5) is 13.8. The number of aliphatic hydroxyl groups is 1. The van der Waals surface area contributed by atoms with Crippen LogP contribution in [0.15, 0.2) is 47.1 Å². The van der Waals surface area contributed by atoms with Gasteiger partial charge in [0.05, 0.1) is 24.4 Å². The first kappa shape index (κ1) is 27.3. The molecular weight excluding hydrogens is 452 g/mol. The smallest absolute Gasteiger partial charge is 0.316 e. The van der Waals surface area contributed by atoms with Gasteiger partial charge in [-0.2, -0.15) is 0 Å². The fourth-order valence-corrected chi connectivity index (χ4v) is 6.67. The molecule has 2 fully saturated rings. The van der Waals surface area contributed by atoms with Crippen LogP contribution in [0.2, 0.25) is 0 Å². The molecule has 2 saturated heterocycles. The maximum absolute atomic E-state index is 13.8. The number of carbonyl (C=O) groups is 1. The Balaban J connectivity index is 1.76. The van der Waals surface area contributed by atoms with E-state index in [1.54, 1.807) is 0 Å². The Morgan fingerprint density at radius 2 is 1.86 bits per heavy atom. The lowest BCUT2D eigenvalue weighted by atomic mass is 9.68. The van der Waals surface area contributed by atoms with Crippen LogP contribution in [-0.4, -0.2) is 47.2 Å². The number of hydrogen-bond donors (Lipinski definition) is 1. The molecule has 36 heavy (non-hydrogen) atoms. The molecule has 0 aromatic rings. The summed E-state index contributed by atoms with van der Waals surface area (Å²) in [5, 5.41) is 12.1. The second-order valence-electron chi connectivity index (χ2n) is 12.1. The predicted octanol–water partition coefficient (Wildman–Crippen LogP) is 6.08. The highest BCUT2D eigenvalue weighted by atomic mass is 16.6. The van der Waals surface area contributed by atoms with Crippen molar-refractivity contribution in [1.29, 1.82) is 0 Å². The van der Waals surface area contributed by atoms with Crippen LogP contribution >= 0.6 is 0 Å². The first-order valence-corrected chi connectivity index (χ1v) is 13.9. The van der Waals surface area contributed by atoms with Crippen LogP contribution in [0.4, 0.5) is 0 Å². The highest BCUT2D eigenvalue weighted by Crippen LogP contribution is 2.48. The van der Waals surface area contributed by atoms with Gasteiger partial charge in [-0.25, -0.2) is 0 Å². The van der Waals surface area contributed by atoms with E-state index in [2.05, 4.69) is 53.7 Å². The fourth-order valence-electron chi connectivity index (χ4n) is 6.67. The molecule has 2 bridgehead atoms. The van der Waals surface area contributed by atoms with Crippen molar-refractivity contribution in [2.75, 3.05) is 6.61 Å². The summed E-state index contributed by atoms with van der Waals surface area (Å²) in [6.45, 7) is 15.4. The van der Waals surface area contributed by atoms with Gasteiger partial charge in [-0.15, -0.1) is 0 Å². The Morgan fingerprint density at radius 3 is 2.58 bits per heavy atom. The molecule has 5 heteroatoms. The Labute approximate surface area is 217 Å². The number of ether oxygens (including phenoxy) is 3. The van der Waals surface area contributed by atoms with Gasteiger partial charge in [-0.1, -0.05) is 75.6 Å². The summed E-state index contributed by atoms with van der Waals surface area (Å²) in [7, 11) is 0. The number of fused-ring (bicyclic) bond motifs is 2. The van der Waals surface area contributed by atoms with Gasteiger partial charge in [0.1, 0.15) is 17.6 Å². The van der Waals surface area contributed by atoms with Crippen molar-refractivity contribution in [2.45, 2.75) is 110 Å². The maximum atomic E-state index is 13.8. The minimum absolute atomic E-state index is 0.00114. The molecule has 9 unspecified atom stereocenters. The zero-order valence-electron chi connectivity index (χ0n) is 23.3. The molecule has 0 aromatic heterocycles. The van der Waals surface area contributed by atoms with Crippen molar-refractivity contribution >= 4 is 5.97 Å². The standard InChI is InChI=1S/C31H46O5/c1-8-14-30(7)17-26-16-25(36-30)13-12-20(3)22(5)19(2)10-9-11-24-18-34-28-23(6)21(4)15-27(29(32)35-26)31(24,28)33/h9-12,15,19,22-23,25-28,33H,8,13-14,16-18H2,1-7H3/b10-9+,20-12+,24-11+. The normalized spacial score (nSPS) is 47.5. The van der Waals surface area contributed by atoms with E-state index < -0.39 is 17.6 Å². The average molecular weight is 499 g/mol. The first-order valence-electron chi connectivity index (χ1n) is 13.9. The molecule has 200 valence electrons. The molecule has 5 nitrogen and oxygen atoms in total. The number of hydrogen-bond acceptors (Lipinski definition) is 5. The summed E-state index contributed by atoms with van der Waals surface area (Å²) in [5.74, 6) is -0.412. The van der Waals surface area contributed by atoms with Gasteiger partial charge in [-0.3, -0.25) is 4.79 Å². The van der Waals surface area contributed by atoms with E-state index in [1.165, 1.54) is 5.57 Å². The van der Waals surface area contributed by atoms with Crippen LogP contribution < -0.4 is 0 Å². The number of esters is 1. The molecule has 0 spiro atoms. The SMILES string of the molecule is CCCC1(C)CC2CC(C/C=C(\C)C(C)C(C)/C=C/C=C3\COC4C(C)C(C)=CC(C(=O)O2)C34O)O1. The average Bonchev–Trinajstić information content (AvgIpc) is 3.15. The Kier molecular flexibility index (Phi) is 8.04. The largest absolute Gasteiger partial charge is 0.462 e. The van der Waals surface area contributed by atoms with Gasteiger partial charge in [0.2, 0.25) is 0 Å². The van der Waals surface area contributed by atoms with Gasteiger partial charge >= 0.3 is 5.97 Å². The van der Waals surface area contributed by atoms with E-state index in [1.807, 2.05) is 25.2 Å². The fraction of sp³-hybridized carbons (Fsp3) is 0.710. The zero-order chi connectivity index (χ0) is 26.3. The summed E-state index contributed by atoms with van der Waals surface area (Å²) in [6.07, 6.45) is 13.8. The predicted molar refractivity (Wildman–Crippen MR) is 142 cm³/mol. The molecule has 0 aromatic carbocycles. The molecule has 3 heterocycles. The highest BCUT2D eigenvalue weighted by Gasteiger charge is 2.58. The lowest BCUT2D eigenvalue weighted by molar-refractivity contribution is -0.189. The maximum Gasteiger partial charge on any atom is 0.316 e. The van der Waals surface area contributed by atoms with Gasteiger partial charge in [0, 0.05) is 18.8 Å². The number of allylic oxidation sites excluding steroid dienone is 4. The third kappa shape index (κ3) is 5.16. The van der Waals surface area contributed by atoms with E-state index in [0.717, 1.165) is 30.4 Å². The highest BCUT2D eigenvalue weighted by molar-refractivity contribution is 5.78. The van der Waals surface area contributed by atoms with Gasteiger partial charge < -0.3 is 19.3 Å². The van der Waals surface area contributed by atoms with Crippen LogP contribution in [0, 0.1) is 23.7 Å². The van der Waals surface area contributed by atoms with Gasteiger partial charge in [0.15, 0.2) is 0 Å². The van der Waals surface area contributed by atoms with Crippen molar-refractivity contribution in [3.05, 3.63) is 47.1 Å². The van der Waals surface area contributed by atoms with E-state index in [0.29, 0.717) is 31.3 Å². The van der Waals surface area contributed by atoms with Crippen LogP contribution in [0.5, 0.6) is 0 Å². The lowest BCUT2D eigenvalue weighted by Crippen LogP contribution is -2.55. The third-order valence-corrected chi connectivity index (χ3v) is 9.32. The Bertz CT molecular complexity index is 960. The summed E-state index contributed by atoms with van der Waals surface area (Å²) < 4.78 is 19.0. The molecule has 0 radical (unpaired) electrons. The molecule has 0 saturated carbocycles. The first-order chi connectivity index (χ1) is 17.0. The minimum atomic E-state index is -1.40. The molecule has 9 atom stereocenters. The van der Waals surface area contributed by atoms with Crippen molar-refractivity contribution in [3.63, 3.8) is 0 Å². The number of rotatable bonds is 2. The monoisotopic (exact) mass is 498 g/mol. The summed E-state index contributed by atoms with van der Waals surface area (Å²) in [6, 6.07) is 0. The minimum Gasteiger partial charge on any atom is -0.462 e. The molecule has 4 aliphatic rings. The molecule has 1 N–H and O–H groups in total.